The van der Waals surface area contributed by atoms with Gasteiger partial charge in [0.15, 0.2) is 0 Å². The lowest BCUT2D eigenvalue weighted by molar-refractivity contribution is -0.112. The van der Waals surface area contributed by atoms with Crippen molar-refractivity contribution in [2.45, 2.75) is 0 Å². The molecular formula is C10H8N2O3. The number of amides is 1. The summed E-state index contributed by atoms with van der Waals surface area (Å²) in [6.07, 6.45) is 0. The maximum absolute atomic E-state index is 11.7. The zero-order valence-corrected chi connectivity index (χ0v) is 7.97. The first-order valence-corrected chi connectivity index (χ1v) is 4.30. The molecule has 0 unspecified atom stereocenters. The van der Waals surface area contributed by atoms with Crippen LogP contribution in [-0.2, 0) is 4.79 Å². The molecule has 1 aromatic carbocycles. The van der Waals surface area contributed by atoms with Crippen LogP contribution in [0.3, 0.4) is 0 Å². The Morgan fingerprint density at radius 2 is 1.93 bits per heavy atom. The number of hydrogen-bond donors (Lipinski definition) is 1. The normalized spacial score (nSPS) is 18.2. The number of carbonyl (C=O) groups is 2. The number of fused-ring (bicyclic) bond motifs is 1. The van der Waals surface area contributed by atoms with E-state index < -0.39 is 17.4 Å². The van der Waals surface area contributed by atoms with Crippen LogP contribution in [0.2, 0.25) is 0 Å². The van der Waals surface area contributed by atoms with Crippen LogP contribution in [-0.4, -0.2) is 29.7 Å². The van der Waals surface area contributed by atoms with Crippen LogP contribution in [0.25, 0.3) is 0 Å². The Morgan fingerprint density at radius 1 is 1.27 bits per heavy atom. The molecule has 5 nitrogen and oxygen atoms in total. The minimum Gasteiger partial charge on any atom is -0.410 e. The maximum atomic E-state index is 11.7. The fourth-order valence-electron chi connectivity index (χ4n) is 1.54. The second-order valence-corrected chi connectivity index (χ2v) is 3.16. The number of carbonyl (C=O) groups excluding carboxylic acids is 2. The lowest BCUT2D eigenvalue weighted by Crippen LogP contribution is -2.42. The molecule has 0 fully saturated rings. The summed E-state index contributed by atoms with van der Waals surface area (Å²) in [5.74, 6) is -1.14. The molecular weight excluding hydrogens is 196 g/mol. The number of anilines is 1. The first-order chi connectivity index (χ1) is 7.16. The third-order valence-corrected chi connectivity index (χ3v) is 2.33. The Labute approximate surface area is 85.6 Å². The average Bonchev–Trinajstić information content (AvgIpc) is 2.27. The van der Waals surface area contributed by atoms with E-state index in [1.807, 2.05) is 0 Å². The number of rotatable bonds is 0. The van der Waals surface area contributed by atoms with E-state index in [1.165, 1.54) is 11.9 Å². The van der Waals surface area contributed by atoms with Crippen molar-refractivity contribution in [1.29, 1.82) is 0 Å². The molecule has 0 spiro atoms. The summed E-state index contributed by atoms with van der Waals surface area (Å²) in [6.45, 7) is 0. The summed E-state index contributed by atoms with van der Waals surface area (Å²) in [5.41, 5.74) is 0.448. The van der Waals surface area contributed by atoms with Gasteiger partial charge in [0, 0.05) is 12.6 Å². The molecule has 0 saturated carbocycles. The molecule has 76 valence electrons. The minimum absolute atomic E-state index is 0.368. The Kier molecular flexibility index (Phi) is 2.00. The van der Waals surface area contributed by atoms with Gasteiger partial charge >= 0.3 is 0 Å². The summed E-state index contributed by atoms with van der Waals surface area (Å²) in [7, 11) is 1.53. The predicted molar refractivity (Wildman–Crippen MR) is 53.4 cm³/mol. The second kappa shape index (κ2) is 3.20. The first kappa shape index (κ1) is 9.39. The average molecular weight is 204 g/mol. The van der Waals surface area contributed by atoms with Gasteiger partial charge in [-0.2, -0.15) is 0 Å². The van der Waals surface area contributed by atoms with E-state index in [0.29, 0.717) is 11.3 Å². The van der Waals surface area contributed by atoms with Crippen molar-refractivity contribution in [2.75, 3.05) is 11.9 Å². The fraction of sp³-hybridized carbons (Fsp3) is 0.100. The summed E-state index contributed by atoms with van der Waals surface area (Å²) >= 11 is 0. The van der Waals surface area contributed by atoms with Crippen molar-refractivity contribution in [3.05, 3.63) is 29.8 Å². The van der Waals surface area contributed by atoms with Gasteiger partial charge in [0.2, 0.25) is 11.5 Å². The van der Waals surface area contributed by atoms with Crippen molar-refractivity contribution in [3.8, 4) is 0 Å². The quantitative estimate of drug-likeness (QED) is 0.499. The molecule has 1 aliphatic rings. The van der Waals surface area contributed by atoms with Gasteiger partial charge in [-0.25, -0.2) is 0 Å². The Morgan fingerprint density at radius 3 is 2.60 bits per heavy atom. The molecule has 1 heterocycles. The number of para-hydroxylation sites is 1. The van der Waals surface area contributed by atoms with Gasteiger partial charge in [-0.1, -0.05) is 17.3 Å². The van der Waals surface area contributed by atoms with Gasteiger partial charge in [-0.05, 0) is 12.1 Å². The highest BCUT2D eigenvalue weighted by Gasteiger charge is 2.34. The van der Waals surface area contributed by atoms with E-state index in [9.17, 15) is 9.59 Å². The lowest BCUT2D eigenvalue weighted by atomic mass is 9.99. The van der Waals surface area contributed by atoms with E-state index in [0.717, 1.165) is 0 Å². The number of benzene rings is 1. The van der Waals surface area contributed by atoms with E-state index in [1.54, 1.807) is 24.3 Å². The topological polar surface area (TPSA) is 70.0 Å². The minimum atomic E-state index is -0.596. The smallest absolute Gasteiger partial charge is 0.284 e. The first-order valence-electron chi connectivity index (χ1n) is 4.30. The fourth-order valence-corrected chi connectivity index (χ4v) is 1.54. The van der Waals surface area contributed by atoms with Crippen LogP contribution in [0.5, 0.6) is 0 Å². The second-order valence-electron chi connectivity index (χ2n) is 3.16. The van der Waals surface area contributed by atoms with E-state index in [4.69, 9.17) is 5.21 Å². The molecule has 1 aromatic rings. The van der Waals surface area contributed by atoms with Crippen LogP contribution < -0.4 is 4.90 Å². The molecule has 0 aromatic heterocycles. The van der Waals surface area contributed by atoms with Crippen molar-refractivity contribution < 1.29 is 14.8 Å². The van der Waals surface area contributed by atoms with Gasteiger partial charge in [0.25, 0.3) is 5.91 Å². The van der Waals surface area contributed by atoms with Gasteiger partial charge in [0.05, 0.1) is 5.69 Å². The van der Waals surface area contributed by atoms with Gasteiger partial charge in [-0.3, -0.25) is 9.59 Å². The third-order valence-electron chi connectivity index (χ3n) is 2.33. The van der Waals surface area contributed by atoms with Crippen LogP contribution in [0, 0.1) is 0 Å². The number of ketones is 1. The van der Waals surface area contributed by atoms with E-state index in [2.05, 4.69) is 5.16 Å². The molecule has 0 atom stereocenters. The summed E-state index contributed by atoms with van der Waals surface area (Å²) in [4.78, 5) is 24.5. The summed E-state index contributed by atoms with van der Waals surface area (Å²) in [6, 6.07) is 6.68. The highest BCUT2D eigenvalue weighted by molar-refractivity contribution is 6.72. The molecule has 0 bridgehead atoms. The SMILES string of the molecule is CN1C(=O)/C(=N\O)C(=O)c2ccccc21. The standard InChI is InChI=1S/C10H8N2O3/c1-12-7-5-3-2-4-6(7)9(13)8(11-15)10(12)14/h2-5,15H,1H3/b11-8-. The zero-order chi connectivity index (χ0) is 11.0. The van der Waals surface area contributed by atoms with Gasteiger partial charge in [0.1, 0.15) is 0 Å². The van der Waals surface area contributed by atoms with Gasteiger partial charge in [-0.15, -0.1) is 0 Å². The lowest BCUT2D eigenvalue weighted by Gasteiger charge is -2.24. The molecule has 1 aliphatic heterocycles. The highest BCUT2D eigenvalue weighted by atomic mass is 16.4. The monoisotopic (exact) mass is 204 g/mol. The van der Waals surface area contributed by atoms with Crippen molar-refractivity contribution in [2.24, 2.45) is 5.16 Å². The van der Waals surface area contributed by atoms with Crippen molar-refractivity contribution >= 4 is 23.1 Å². The zero-order valence-electron chi connectivity index (χ0n) is 7.97. The number of nitrogens with zero attached hydrogens (tertiary/aromatic N) is 2. The predicted octanol–water partition coefficient (Wildman–Crippen LogP) is 0.676. The van der Waals surface area contributed by atoms with Crippen molar-refractivity contribution in [3.63, 3.8) is 0 Å². The molecule has 0 radical (unpaired) electrons. The molecule has 1 amide bonds. The highest BCUT2D eigenvalue weighted by Crippen LogP contribution is 2.24. The van der Waals surface area contributed by atoms with Crippen LogP contribution in [0.15, 0.2) is 29.4 Å². The van der Waals surface area contributed by atoms with E-state index >= 15 is 0 Å². The summed E-state index contributed by atoms with van der Waals surface area (Å²) in [5, 5.41) is 11.3. The maximum Gasteiger partial charge on any atom is 0.284 e. The largest absolute Gasteiger partial charge is 0.410 e. The number of hydrogen-bond acceptors (Lipinski definition) is 4. The molecule has 15 heavy (non-hydrogen) atoms. The van der Waals surface area contributed by atoms with E-state index in [-0.39, 0.29) is 0 Å². The Hall–Kier alpha value is -2.17. The number of Topliss-reactive ketones (excluding diaryl/α,β-unsaturated/α-hetero) is 1. The molecule has 2 rings (SSSR count). The molecule has 0 saturated heterocycles. The van der Waals surface area contributed by atoms with Crippen LogP contribution in [0.4, 0.5) is 5.69 Å². The molecule has 5 heteroatoms. The van der Waals surface area contributed by atoms with Gasteiger partial charge < -0.3 is 10.1 Å². The Bertz CT molecular complexity index is 479. The van der Waals surface area contributed by atoms with Crippen molar-refractivity contribution in [1.82, 2.24) is 0 Å². The summed E-state index contributed by atoms with van der Waals surface area (Å²) < 4.78 is 0. The third kappa shape index (κ3) is 1.20. The Balaban J connectivity index is 2.68. The molecule has 0 aliphatic carbocycles. The number of oxime groups is 1. The molecule has 1 N–H and O–H groups in total. The van der Waals surface area contributed by atoms with Crippen LogP contribution in [0.1, 0.15) is 10.4 Å². The van der Waals surface area contributed by atoms with Crippen LogP contribution >= 0.6 is 0 Å².